The summed E-state index contributed by atoms with van der Waals surface area (Å²) in [7, 11) is 1.43. The van der Waals surface area contributed by atoms with E-state index in [-0.39, 0.29) is 17.4 Å². The third kappa shape index (κ3) is 5.37. The van der Waals surface area contributed by atoms with Gasteiger partial charge in [0.1, 0.15) is 17.1 Å². The third-order valence-corrected chi connectivity index (χ3v) is 4.25. The average molecular weight is 364 g/mol. The fourth-order valence-corrected chi connectivity index (χ4v) is 2.77. The van der Waals surface area contributed by atoms with Crippen LogP contribution in [0.2, 0.25) is 0 Å². The summed E-state index contributed by atoms with van der Waals surface area (Å²) in [5.41, 5.74) is -0.0999. The Hall–Kier alpha value is -2.77. The van der Waals surface area contributed by atoms with Crippen molar-refractivity contribution in [1.29, 1.82) is 0 Å². The molecule has 0 heterocycles. The van der Waals surface area contributed by atoms with Crippen LogP contribution in [0.3, 0.4) is 0 Å². The van der Waals surface area contributed by atoms with E-state index in [0.29, 0.717) is 5.75 Å². The number of esters is 1. The predicted octanol–water partition coefficient (Wildman–Crippen LogP) is 2.10. The number of ether oxygens (including phenoxy) is 2. The average Bonchev–Trinajstić information content (AvgIpc) is 2.61. The Kier molecular flexibility index (Phi) is 6.82. The summed E-state index contributed by atoms with van der Waals surface area (Å²) in [6.45, 7) is 1.35. The van der Waals surface area contributed by atoms with Gasteiger partial charge in [-0.2, -0.15) is 0 Å². The Labute approximate surface area is 151 Å². The fraction of sp³-hybridized carbons (Fsp3) is 0.500. The lowest BCUT2D eigenvalue weighted by atomic mass is 9.96. The molecule has 0 aromatic heterocycles. The van der Waals surface area contributed by atoms with Gasteiger partial charge in [-0.25, -0.2) is 9.59 Å². The minimum Gasteiger partial charge on any atom is -0.507 e. The van der Waals surface area contributed by atoms with E-state index in [9.17, 15) is 19.5 Å². The molecule has 3 amide bonds. The molecule has 142 valence electrons. The number of hydrogen-bond acceptors (Lipinski definition) is 6. The van der Waals surface area contributed by atoms with Crippen molar-refractivity contribution < 1.29 is 29.0 Å². The monoisotopic (exact) mass is 364 g/mol. The molecule has 1 atom stereocenters. The van der Waals surface area contributed by atoms with Gasteiger partial charge in [-0.05, 0) is 31.9 Å². The van der Waals surface area contributed by atoms with Crippen LogP contribution in [0, 0.1) is 0 Å². The highest BCUT2D eigenvalue weighted by Gasteiger charge is 2.24. The number of urea groups is 1. The number of aromatic hydroxyl groups is 1. The van der Waals surface area contributed by atoms with Crippen molar-refractivity contribution in [2.24, 2.45) is 0 Å². The number of hydrogen-bond donors (Lipinski definition) is 3. The van der Waals surface area contributed by atoms with Gasteiger partial charge in [-0.15, -0.1) is 0 Å². The van der Waals surface area contributed by atoms with Crippen LogP contribution >= 0.6 is 0 Å². The summed E-state index contributed by atoms with van der Waals surface area (Å²) in [5.74, 6) is -1.55. The smallest absolute Gasteiger partial charge is 0.342 e. The number of rotatable bonds is 5. The maximum atomic E-state index is 12.1. The van der Waals surface area contributed by atoms with Gasteiger partial charge in [0.25, 0.3) is 5.91 Å². The second-order valence-corrected chi connectivity index (χ2v) is 6.23. The molecule has 1 aliphatic rings. The van der Waals surface area contributed by atoms with Gasteiger partial charge in [0, 0.05) is 12.1 Å². The van der Waals surface area contributed by atoms with Crippen molar-refractivity contribution >= 4 is 17.9 Å². The number of imide groups is 1. The van der Waals surface area contributed by atoms with E-state index in [0.717, 1.165) is 32.1 Å². The molecule has 26 heavy (non-hydrogen) atoms. The van der Waals surface area contributed by atoms with Gasteiger partial charge < -0.3 is 19.9 Å². The van der Waals surface area contributed by atoms with Gasteiger partial charge in [0.05, 0.1) is 7.11 Å². The molecule has 0 aliphatic heterocycles. The number of carbonyl (C=O) groups is 3. The van der Waals surface area contributed by atoms with Crippen LogP contribution in [-0.4, -0.2) is 42.3 Å². The van der Waals surface area contributed by atoms with Crippen LogP contribution in [-0.2, 0) is 9.53 Å². The molecule has 1 aromatic carbocycles. The van der Waals surface area contributed by atoms with Gasteiger partial charge in [0.2, 0.25) is 0 Å². The number of methoxy groups -OCH3 is 1. The Morgan fingerprint density at radius 3 is 2.50 bits per heavy atom. The van der Waals surface area contributed by atoms with E-state index in [1.165, 1.54) is 32.2 Å². The molecule has 1 aliphatic carbocycles. The quantitative estimate of drug-likeness (QED) is 0.690. The zero-order chi connectivity index (χ0) is 19.1. The third-order valence-electron chi connectivity index (χ3n) is 4.25. The maximum Gasteiger partial charge on any atom is 0.342 e. The number of phenols is 1. The Balaban J connectivity index is 1.85. The molecule has 0 spiro atoms. The zero-order valence-corrected chi connectivity index (χ0v) is 14.9. The molecule has 1 aromatic rings. The number of amides is 3. The predicted molar refractivity (Wildman–Crippen MR) is 93.1 cm³/mol. The SMILES string of the molecule is COc1ccc(C(=O)O[C@@H](C)C(=O)NC(=O)NC2CCCCC2)c(O)c1. The summed E-state index contributed by atoms with van der Waals surface area (Å²) >= 11 is 0. The molecule has 0 radical (unpaired) electrons. The molecule has 2 rings (SSSR count). The first kappa shape index (κ1) is 19.6. The second-order valence-electron chi connectivity index (χ2n) is 6.23. The van der Waals surface area contributed by atoms with Crippen molar-refractivity contribution in [3.8, 4) is 11.5 Å². The minimum absolute atomic E-state index is 0.0608. The molecule has 8 heteroatoms. The molecule has 0 saturated heterocycles. The molecule has 3 N–H and O–H groups in total. The number of carbonyl (C=O) groups excluding carboxylic acids is 3. The fourth-order valence-electron chi connectivity index (χ4n) is 2.77. The molecule has 1 saturated carbocycles. The van der Waals surface area contributed by atoms with Crippen LogP contribution in [0.25, 0.3) is 0 Å². The van der Waals surface area contributed by atoms with E-state index in [2.05, 4.69) is 10.6 Å². The van der Waals surface area contributed by atoms with Crippen LogP contribution < -0.4 is 15.4 Å². The lowest BCUT2D eigenvalue weighted by Crippen LogP contribution is -2.48. The van der Waals surface area contributed by atoms with E-state index in [1.807, 2.05) is 0 Å². The number of nitrogens with one attached hydrogen (secondary N) is 2. The van der Waals surface area contributed by atoms with Crippen LogP contribution in [0.5, 0.6) is 11.5 Å². The zero-order valence-electron chi connectivity index (χ0n) is 14.9. The largest absolute Gasteiger partial charge is 0.507 e. The van der Waals surface area contributed by atoms with Crippen LogP contribution in [0.15, 0.2) is 18.2 Å². The van der Waals surface area contributed by atoms with Gasteiger partial charge in [-0.3, -0.25) is 10.1 Å². The van der Waals surface area contributed by atoms with Crippen LogP contribution in [0.4, 0.5) is 4.79 Å². The van der Waals surface area contributed by atoms with Crippen molar-refractivity contribution in [2.75, 3.05) is 7.11 Å². The van der Waals surface area contributed by atoms with E-state index >= 15 is 0 Å². The van der Waals surface area contributed by atoms with Gasteiger partial charge in [0.15, 0.2) is 6.10 Å². The van der Waals surface area contributed by atoms with Crippen molar-refractivity contribution in [2.45, 2.75) is 51.2 Å². The second kappa shape index (κ2) is 9.07. The van der Waals surface area contributed by atoms with Gasteiger partial charge >= 0.3 is 12.0 Å². The van der Waals surface area contributed by atoms with Crippen molar-refractivity contribution in [1.82, 2.24) is 10.6 Å². The lowest BCUT2D eigenvalue weighted by Gasteiger charge is -2.23. The van der Waals surface area contributed by atoms with E-state index < -0.39 is 24.0 Å². The Morgan fingerprint density at radius 2 is 1.88 bits per heavy atom. The first-order valence-electron chi connectivity index (χ1n) is 8.60. The molecular formula is C18H24N2O6. The lowest BCUT2D eigenvalue weighted by molar-refractivity contribution is -0.127. The molecule has 0 bridgehead atoms. The highest BCUT2D eigenvalue weighted by Crippen LogP contribution is 2.24. The summed E-state index contributed by atoms with van der Waals surface area (Å²) in [4.78, 5) is 36.0. The van der Waals surface area contributed by atoms with Crippen molar-refractivity contribution in [3.63, 3.8) is 0 Å². The Morgan fingerprint density at radius 1 is 1.19 bits per heavy atom. The summed E-state index contributed by atoms with van der Waals surface area (Å²) in [5, 5.41) is 14.7. The molecule has 0 unspecified atom stereocenters. The van der Waals surface area contributed by atoms with E-state index in [1.54, 1.807) is 0 Å². The highest BCUT2D eigenvalue weighted by atomic mass is 16.5. The molecule has 1 fully saturated rings. The van der Waals surface area contributed by atoms with Crippen molar-refractivity contribution in [3.05, 3.63) is 23.8 Å². The molecular weight excluding hydrogens is 340 g/mol. The van der Waals surface area contributed by atoms with E-state index in [4.69, 9.17) is 9.47 Å². The van der Waals surface area contributed by atoms with Crippen LogP contribution in [0.1, 0.15) is 49.4 Å². The maximum absolute atomic E-state index is 12.1. The number of benzene rings is 1. The minimum atomic E-state index is -1.19. The van der Waals surface area contributed by atoms with Gasteiger partial charge in [-0.1, -0.05) is 19.3 Å². The summed E-state index contributed by atoms with van der Waals surface area (Å²) in [6.07, 6.45) is 3.85. The summed E-state index contributed by atoms with van der Waals surface area (Å²) in [6, 6.07) is 3.54. The first-order valence-corrected chi connectivity index (χ1v) is 8.60. The first-order chi connectivity index (χ1) is 12.4. The molecule has 8 nitrogen and oxygen atoms in total. The normalized spacial score (nSPS) is 15.6. The summed E-state index contributed by atoms with van der Waals surface area (Å²) < 4.78 is 9.95. The topological polar surface area (TPSA) is 114 Å². The number of phenolic OH excluding ortho intramolecular Hbond substituents is 1. The highest BCUT2D eigenvalue weighted by molar-refractivity contribution is 5.99. The Bertz CT molecular complexity index is 670. The standard InChI is InChI=1S/C18H24N2O6/c1-11(16(22)20-18(24)19-12-6-4-3-5-7-12)26-17(23)14-9-8-13(25-2)10-15(14)21/h8-12,21H,3-7H2,1-2H3,(H2,19,20,22,24)/t11-/m0/s1.